The van der Waals surface area contributed by atoms with Crippen molar-refractivity contribution in [3.05, 3.63) is 18.3 Å². The lowest BCUT2D eigenvalue weighted by Crippen LogP contribution is -2.28. The summed E-state index contributed by atoms with van der Waals surface area (Å²) < 4.78 is 0. The summed E-state index contributed by atoms with van der Waals surface area (Å²) in [4.78, 5) is 1.63. The molecular weight excluding hydrogens is 190 g/mol. The molecule has 0 atom stereocenters. The predicted octanol–water partition coefficient (Wildman–Crippen LogP) is 1.03. The molecule has 1 aromatic heterocycles. The van der Waals surface area contributed by atoms with Crippen LogP contribution in [0.3, 0.4) is 0 Å². The first-order valence-corrected chi connectivity index (χ1v) is 4.77. The Kier molecular flexibility index (Phi) is 3.64. The summed E-state index contributed by atoms with van der Waals surface area (Å²) in [5, 5.41) is 17.2. The fourth-order valence-corrected chi connectivity index (χ4v) is 1.07. The average Bonchev–Trinajstić information content (AvgIpc) is 2.19. The topological polar surface area (TPSA) is 49.2 Å². The van der Waals surface area contributed by atoms with Crippen LogP contribution in [0.15, 0.2) is 18.3 Å². The summed E-state index contributed by atoms with van der Waals surface area (Å²) in [6.07, 6.45) is 7.53. The van der Waals surface area contributed by atoms with E-state index in [0.717, 1.165) is 0 Å². The maximum Gasteiger partial charge on any atom is 0.162 e. The van der Waals surface area contributed by atoms with Crippen LogP contribution in [0.5, 0.6) is 0 Å². The molecule has 0 saturated heterocycles. The predicted molar refractivity (Wildman–Crippen MR) is 59.1 cm³/mol. The highest BCUT2D eigenvalue weighted by molar-refractivity contribution is 5.42. The van der Waals surface area contributed by atoms with Gasteiger partial charge in [0, 0.05) is 18.8 Å². The Hall–Kier alpha value is -1.60. The van der Waals surface area contributed by atoms with E-state index in [0.29, 0.717) is 18.8 Å². The number of nitrogens with zero attached hydrogens (tertiary/aromatic N) is 3. The van der Waals surface area contributed by atoms with Gasteiger partial charge in [0.2, 0.25) is 0 Å². The van der Waals surface area contributed by atoms with Crippen molar-refractivity contribution in [2.24, 2.45) is 0 Å². The van der Waals surface area contributed by atoms with E-state index >= 15 is 0 Å². The molecule has 1 aromatic rings. The maximum absolute atomic E-state index is 9.58. The third-order valence-electron chi connectivity index (χ3n) is 1.94. The molecule has 0 aliphatic rings. The molecule has 0 spiro atoms. The van der Waals surface area contributed by atoms with Gasteiger partial charge in [-0.25, -0.2) is 0 Å². The number of aromatic nitrogens is 2. The normalized spacial score (nSPS) is 10.8. The van der Waals surface area contributed by atoms with E-state index in [1.807, 2.05) is 0 Å². The van der Waals surface area contributed by atoms with Crippen LogP contribution in [-0.2, 0) is 0 Å². The van der Waals surface area contributed by atoms with Crippen LogP contribution >= 0.6 is 0 Å². The van der Waals surface area contributed by atoms with Crippen LogP contribution in [0, 0.1) is 12.5 Å². The third-order valence-corrected chi connectivity index (χ3v) is 1.94. The highest BCUT2D eigenvalue weighted by Crippen LogP contribution is 2.12. The third kappa shape index (κ3) is 3.96. The molecule has 1 N–H and O–H groups in total. The van der Waals surface area contributed by atoms with E-state index in [2.05, 4.69) is 16.2 Å². The quantitative estimate of drug-likeness (QED) is 0.589. The standard InChI is InChI=1S/C11H15N3O/c1-4-14(9-7-11(2,3)15)10-6-5-8-12-13-10/h1,5-6,8,15H,7,9H2,2-3H3. The van der Waals surface area contributed by atoms with Gasteiger partial charge in [-0.15, -0.1) is 5.10 Å². The molecule has 1 rings (SSSR count). The highest BCUT2D eigenvalue weighted by Gasteiger charge is 2.15. The Labute approximate surface area is 89.9 Å². The molecule has 4 nitrogen and oxygen atoms in total. The van der Waals surface area contributed by atoms with Gasteiger partial charge in [0.15, 0.2) is 5.82 Å². The van der Waals surface area contributed by atoms with E-state index in [1.165, 1.54) is 0 Å². The Morgan fingerprint density at radius 1 is 1.60 bits per heavy atom. The summed E-state index contributed by atoms with van der Waals surface area (Å²) in [5.74, 6) is 0.629. The summed E-state index contributed by atoms with van der Waals surface area (Å²) in [5.41, 5.74) is -0.725. The van der Waals surface area contributed by atoms with Crippen LogP contribution in [0.25, 0.3) is 0 Å². The Balaban J connectivity index is 2.63. The van der Waals surface area contributed by atoms with E-state index in [9.17, 15) is 5.11 Å². The van der Waals surface area contributed by atoms with Gasteiger partial charge in [-0.2, -0.15) is 5.10 Å². The summed E-state index contributed by atoms with van der Waals surface area (Å²) in [6.45, 7) is 4.05. The van der Waals surface area contributed by atoms with Crippen LogP contribution < -0.4 is 4.90 Å². The summed E-state index contributed by atoms with van der Waals surface area (Å²) in [6, 6.07) is 6.07. The highest BCUT2D eigenvalue weighted by atomic mass is 16.3. The molecule has 0 fully saturated rings. The molecule has 0 amide bonds. The van der Waals surface area contributed by atoms with E-state index < -0.39 is 5.60 Å². The van der Waals surface area contributed by atoms with E-state index in [1.54, 1.807) is 37.1 Å². The molecule has 0 unspecified atom stereocenters. The van der Waals surface area contributed by atoms with Crippen molar-refractivity contribution in [2.75, 3.05) is 11.4 Å². The zero-order chi connectivity index (χ0) is 11.3. The second-order valence-electron chi connectivity index (χ2n) is 3.93. The summed E-state index contributed by atoms with van der Waals surface area (Å²) >= 11 is 0. The van der Waals surface area contributed by atoms with Crippen LogP contribution in [-0.4, -0.2) is 27.4 Å². The van der Waals surface area contributed by atoms with Gasteiger partial charge in [0.1, 0.15) is 0 Å². The van der Waals surface area contributed by atoms with Crippen molar-refractivity contribution in [2.45, 2.75) is 25.9 Å². The second-order valence-corrected chi connectivity index (χ2v) is 3.93. The molecule has 80 valence electrons. The fraction of sp³-hybridized carbons (Fsp3) is 0.455. The minimum absolute atomic E-state index is 0.554. The van der Waals surface area contributed by atoms with Crippen molar-refractivity contribution >= 4 is 5.82 Å². The molecule has 4 heteroatoms. The molecule has 0 aromatic carbocycles. The molecule has 0 radical (unpaired) electrons. The smallest absolute Gasteiger partial charge is 0.162 e. The van der Waals surface area contributed by atoms with Crippen molar-refractivity contribution in [1.82, 2.24) is 10.2 Å². The van der Waals surface area contributed by atoms with Gasteiger partial charge in [-0.3, -0.25) is 4.90 Å². The van der Waals surface area contributed by atoms with Crippen LogP contribution in [0.1, 0.15) is 20.3 Å². The lowest BCUT2D eigenvalue weighted by atomic mass is 10.1. The van der Waals surface area contributed by atoms with Gasteiger partial charge in [0.05, 0.1) is 5.60 Å². The van der Waals surface area contributed by atoms with Gasteiger partial charge < -0.3 is 5.11 Å². The minimum Gasteiger partial charge on any atom is -0.390 e. The Bertz CT molecular complexity index is 337. The van der Waals surface area contributed by atoms with Gasteiger partial charge in [-0.1, -0.05) is 6.42 Å². The zero-order valence-corrected chi connectivity index (χ0v) is 9.01. The first kappa shape index (κ1) is 11.5. The fourth-order valence-electron chi connectivity index (χ4n) is 1.07. The largest absolute Gasteiger partial charge is 0.390 e. The first-order chi connectivity index (χ1) is 7.03. The molecule has 15 heavy (non-hydrogen) atoms. The number of rotatable bonds is 4. The van der Waals surface area contributed by atoms with Crippen LogP contribution in [0.4, 0.5) is 5.82 Å². The molecule has 0 aliphatic heterocycles. The Morgan fingerprint density at radius 2 is 2.33 bits per heavy atom. The van der Waals surface area contributed by atoms with Crippen LogP contribution in [0.2, 0.25) is 0 Å². The van der Waals surface area contributed by atoms with Crippen molar-refractivity contribution < 1.29 is 5.11 Å². The molecular formula is C11H15N3O. The SMILES string of the molecule is C#CN(CCC(C)(C)O)c1cccnn1. The van der Waals surface area contributed by atoms with Crippen molar-refractivity contribution in [1.29, 1.82) is 0 Å². The number of aliphatic hydroxyl groups is 1. The van der Waals surface area contributed by atoms with E-state index in [-0.39, 0.29) is 0 Å². The molecule has 0 aliphatic carbocycles. The molecule has 1 heterocycles. The minimum atomic E-state index is -0.725. The van der Waals surface area contributed by atoms with Gasteiger partial charge >= 0.3 is 0 Å². The lowest BCUT2D eigenvalue weighted by molar-refractivity contribution is 0.0737. The van der Waals surface area contributed by atoms with Crippen molar-refractivity contribution in [3.63, 3.8) is 0 Å². The van der Waals surface area contributed by atoms with Gasteiger partial charge in [0.25, 0.3) is 0 Å². The van der Waals surface area contributed by atoms with Gasteiger partial charge in [-0.05, 0) is 32.4 Å². The molecule has 0 saturated carbocycles. The lowest BCUT2D eigenvalue weighted by Gasteiger charge is -2.21. The number of hydrogen-bond acceptors (Lipinski definition) is 4. The monoisotopic (exact) mass is 205 g/mol. The van der Waals surface area contributed by atoms with E-state index in [4.69, 9.17) is 6.42 Å². The summed E-state index contributed by atoms with van der Waals surface area (Å²) in [7, 11) is 0. The van der Waals surface area contributed by atoms with Crippen molar-refractivity contribution in [3.8, 4) is 12.5 Å². The number of terminal acetylenes is 1. The number of anilines is 1. The zero-order valence-electron chi connectivity index (χ0n) is 9.01. The second kappa shape index (κ2) is 4.76. The maximum atomic E-state index is 9.58. The number of hydrogen-bond donors (Lipinski definition) is 1. The molecule has 0 bridgehead atoms. The average molecular weight is 205 g/mol. The first-order valence-electron chi connectivity index (χ1n) is 4.77. The Morgan fingerprint density at radius 3 is 2.80 bits per heavy atom.